The Morgan fingerprint density at radius 2 is 2.06 bits per heavy atom. The molecule has 0 atom stereocenters. The highest BCUT2D eigenvalue weighted by Crippen LogP contribution is 2.20. The standard InChI is InChI=1S/C12H7Br2FN2O/c13-7-3-4-8(10(15)6-7)12(18)17-11-9(14)2-1-5-16-11/h1-6H,(H,16,17,18). The van der Waals surface area contributed by atoms with Crippen molar-refractivity contribution in [2.75, 3.05) is 5.32 Å². The first-order chi connectivity index (χ1) is 8.58. The number of hydrogen-bond acceptors (Lipinski definition) is 2. The minimum absolute atomic E-state index is 0.0317. The van der Waals surface area contributed by atoms with Crippen molar-refractivity contribution in [1.29, 1.82) is 0 Å². The molecule has 1 N–H and O–H groups in total. The zero-order valence-electron chi connectivity index (χ0n) is 8.95. The van der Waals surface area contributed by atoms with Crippen molar-refractivity contribution in [3.8, 4) is 0 Å². The summed E-state index contributed by atoms with van der Waals surface area (Å²) in [7, 11) is 0. The van der Waals surface area contributed by atoms with Crippen molar-refractivity contribution in [2.45, 2.75) is 0 Å². The Morgan fingerprint density at radius 3 is 2.72 bits per heavy atom. The number of aromatic nitrogens is 1. The number of carbonyl (C=O) groups excluding carboxylic acids is 1. The van der Waals surface area contributed by atoms with E-state index in [1.807, 2.05) is 0 Å². The molecular formula is C12H7Br2FN2O. The molecule has 6 heteroatoms. The average Bonchev–Trinajstić information content (AvgIpc) is 2.32. The third-order valence-corrected chi connectivity index (χ3v) is 3.30. The maximum atomic E-state index is 13.6. The Hall–Kier alpha value is -1.27. The summed E-state index contributed by atoms with van der Waals surface area (Å²) >= 11 is 6.38. The van der Waals surface area contributed by atoms with Gasteiger partial charge in [-0.25, -0.2) is 9.37 Å². The van der Waals surface area contributed by atoms with E-state index in [1.54, 1.807) is 18.2 Å². The molecule has 1 amide bonds. The van der Waals surface area contributed by atoms with E-state index in [-0.39, 0.29) is 5.56 Å². The monoisotopic (exact) mass is 372 g/mol. The molecule has 0 saturated heterocycles. The summed E-state index contributed by atoms with van der Waals surface area (Å²) in [5.41, 5.74) is -0.0317. The number of pyridine rings is 1. The van der Waals surface area contributed by atoms with Crippen molar-refractivity contribution in [1.82, 2.24) is 4.98 Å². The van der Waals surface area contributed by atoms with Gasteiger partial charge in [-0.3, -0.25) is 4.79 Å². The molecule has 1 aromatic carbocycles. The molecule has 0 bridgehead atoms. The predicted molar refractivity (Wildman–Crippen MR) is 74.0 cm³/mol. The van der Waals surface area contributed by atoms with Crippen molar-refractivity contribution in [2.24, 2.45) is 0 Å². The smallest absolute Gasteiger partial charge is 0.259 e. The normalized spacial score (nSPS) is 10.2. The molecule has 0 unspecified atom stereocenters. The Labute approximate surface area is 120 Å². The molecule has 2 rings (SSSR count). The second-order valence-electron chi connectivity index (χ2n) is 3.41. The lowest BCUT2D eigenvalue weighted by Gasteiger charge is -2.06. The fourth-order valence-electron chi connectivity index (χ4n) is 1.33. The maximum Gasteiger partial charge on any atom is 0.259 e. The van der Waals surface area contributed by atoms with E-state index in [1.165, 1.54) is 18.3 Å². The van der Waals surface area contributed by atoms with Crippen LogP contribution in [0.25, 0.3) is 0 Å². The van der Waals surface area contributed by atoms with E-state index in [9.17, 15) is 9.18 Å². The number of halogens is 3. The Kier molecular flexibility index (Phi) is 4.08. The van der Waals surface area contributed by atoms with Crippen LogP contribution in [0.15, 0.2) is 45.5 Å². The quantitative estimate of drug-likeness (QED) is 0.864. The zero-order chi connectivity index (χ0) is 13.1. The zero-order valence-corrected chi connectivity index (χ0v) is 12.1. The molecule has 0 radical (unpaired) electrons. The van der Waals surface area contributed by atoms with Gasteiger partial charge >= 0.3 is 0 Å². The molecule has 3 nitrogen and oxygen atoms in total. The van der Waals surface area contributed by atoms with Crippen molar-refractivity contribution < 1.29 is 9.18 Å². The third-order valence-electron chi connectivity index (χ3n) is 2.17. The van der Waals surface area contributed by atoms with E-state index in [0.717, 1.165) is 0 Å². The van der Waals surface area contributed by atoms with Crippen molar-refractivity contribution in [3.05, 3.63) is 56.9 Å². The lowest BCUT2D eigenvalue weighted by Crippen LogP contribution is -2.15. The van der Waals surface area contributed by atoms with Crippen LogP contribution in [0.4, 0.5) is 10.2 Å². The number of nitrogens with zero attached hydrogens (tertiary/aromatic N) is 1. The van der Waals surface area contributed by atoms with Gasteiger partial charge in [0.05, 0.1) is 10.0 Å². The first-order valence-corrected chi connectivity index (χ1v) is 6.53. The lowest BCUT2D eigenvalue weighted by atomic mass is 10.2. The second kappa shape index (κ2) is 5.58. The van der Waals surface area contributed by atoms with Crippen molar-refractivity contribution >= 4 is 43.6 Å². The average molecular weight is 374 g/mol. The van der Waals surface area contributed by atoms with Crippen LogP contribution in [-0.2, 0) is 0 Å². The van der Waals surface area contributed by atoms with Gasteiger partial charge in [0, 0.05) is 10.7 Å². The summed E-state index contributed by atoms with van der Waals surface area (Å²) in [5.74, 6) is -0.779. The molecule has 0 aliphatic rings. The fraction of sp³-hybridized carbons (Fsp3) is 0. The van der Waals surface area contributed by atoms with Crippen LogP contribution in [0.2, 0.25) is 0 Å². The van der Waals surface area contributed by atoms with Gasteiger partial charge in [-0.05, 0) is 46.3 Å². The van der Waals surface area contributed by atoms with Crippen molar-refractivity contribution in [3.63, 3.8) is 0 Å². The molecule has 0 fully saturated rings. The molecular weight excluding hydrogens is 367 g/mol. The first kappa shape index (κ1) is 13.2. The van der Waals surface area contributed by atoms with Crippen LogP contribution in [0.3, 0.4) is 0 Å². The lowest BCUT2D eigenvalue weighted by molar-refractivity contribution is 0.102. The number of amides is 1. The van der Waals surface area contributed by atoms with Crippen LogP contribution in [0.5, 0.6) is 0 Å². The fourth-order valence-corrected chi connectivity index (χ4v) is 2.01. The molecule has 92 valence electrons. The van der Waals surface area contributed by atoms with E-state index in [0.29, 0.717) is 14.8 Å². The van der Waals surface area contributed by atoms with Crippen LogP contribution in [0, 0.1) is 5.82 Å². The summed E-state index contributed by atoms with van der Waals surface area (Å²) in [4.78, 5) is 15.9. The Balaban J connectivity index is 2.25. The van der Waals surface area contributed by atoms with E-state index >= 15 is 0 Å². The van der Waals surface area contributed by atoms with Crippen LogP contribution in [-0.4, -0.2) is 10.9 Å². The van der Waals surface area contributed by atoms with Gasteiger partial charge in [0.2, 0.25) is 0 Å². The van der Waals surface area contributed by atoms with Gasteiger partial charge in [0.1, 0.15) is 11.6 Å². The first-order valence-electron chi connectivity index (χ1n) is 4.95. The summed E-state index contributed by atoms with van der Waals surface area (Å²) in [5, 5.41) is 2.53. The number of rotatable bonds is 2. The van der Waals surface area contributed by atoms with Crippen LogP contribution < -0.4 is 5.32 Å². The Bertz CT molecular complexity index is 604. The van der Waals surface area contributed by atoms with Gasteiger partial charge in [-0.2, -0.15) is 0 Å². The van der Waals surface area contributed by atoms with Gasteiger partial charge in [-0.15, -0.1) is 0 Å². The number of nitrogens with one attached hydrogen (secondary N) is 1. The third kappa shape index (κ3) is 2.94. The molecule has 0 aliphatic carbocycles. The molecule has 1 aromatic heterocycles. The van der Waals surface area contributed by atoms with Crippen LogP contribution >= 0.6 is 31.9 Å². The van der Waals surface area contributed by atoms with E-state index in [2.05, 4.69) is 42.2 Å². The summed E-state index contributed by atoms with van der Waals surface area (Å²) in [6, 6.07) is 7.71. The van der Waals surface area contributed by atoms with Gasteiger partial charge < -0.3 is 5.32 Å². The van der Waals surface area contributed by atoms with Gasteiger partial charge in [0.15, 0.2) is 0 Å². The minimum Gasteiger partial charge on any atom is -0.306 e. The number of benzene rings is 1. The molecule has 0 spiro atoms. The van der Waals surface area contributed by atoms with Gasteiger partial charge in [-0.1, -0.05) is 15.9 Å². The Morgan fingerprint density at radius 1 is 1.28 bits per heavy atom. The highest BCUT2D eigenvalue weighted by Gasteiger charge is 2.13. The molecule has 0 saturated carbocycles. The predicted octanol–water partition coefficient (Wildman–Crippen LogP) is 4.00. The summed E-state index contributed by atoms with van der Waals surface area (Å²) in [6.07, 6.45) is 1.54. The highest BCUT2D eigenvalue weighted by molar-refractivity contribution is 9.10. The van der Waals surface area contributed by atoms with E-state index < -0.39 is 11.7 Å². The topological polar surface area (TPSA) is 42.0 Å². The molecule has 0 aliphatic heterocycles. The minimum atomic E-state index is -0.589. The molecule has 1 heterocycles. The number of carbonyl (C=O) groups is 1. The summed E-state index contributed by atoms with van der Waals surface area (Å²) < 4.78 is 14.8. The van der Waals surface area contributed by atoms with Gasteiger partial charge in [0.25, 0.3) is 5.91 Å². The molecule has 2 aromatic rings. The number of anilines is 1. The van der Waals surface area contributed by atoms with Crippen LogP contribution in [0.1, 0.15) is 10.4 Å². The second-order valence-corrected chi connectivity index (χ2v) is 5.18. The van der Waals surface area contributed by atoms with E-state index in [4.69, 9.17) is 0 Å². The molecule has 18 heavy (non-hydrogen) atoms. The highest BCUT2D eigenvalue weighted by atomic mass is 79.9. The maximum absolute atomic E-state index is 13.6. The SMILES string of the molecule is O=C(Nc1ncccc1Br)c1ccc(Br)cc1F. The largest absolute Gasteiger partial charge is 0.306 e. The number of hydrogen-bond donors (Lipinski definition) is 1. The summed E-state index contributed by atoms with van der Waals surface area (Å²) in [6.45, 7) is 0.